The van der Waals surface area contributed by atoms with Gasteiger partial charge in [0.05, 0.1) is 6.20 Å². The van der Waals surface area contributed by atoms with Crippen molar-refractivity contribution in [3.8, 4) is 10.6 Å². The molecule has 4 nitrogen and oxygen atoms in total. The highest BCUT2D eigenvalue weighted by Crippen LogP contribution is 2.33. The van der Waals surface area contributed by atoms with Gasteiger partial charge in [0.25, 0.3) is 0 Å². The van der Waals surface area contributed by atoms with Gasteiger partial charge in [-0.1, -0.05) is 11.6 Å². The van der Waals surface area contributed by atoms with Crippen LogP contribution < -0.4 is 0 Å². The maximum Gasteiger partial charge on any atom is 0.188 e. The molecule has 0 aliphatic rings. The van der Waals surface area contributed by atoms with E-state index in [1.54, 1.807) is 0 Å². The van der Waals surface area contributed by atoms with E-state index in [2.05, 4.69) is 9.97 Å². The Balaban J connectivity index is 2.56. The highest BCUT2D eigenvalue weighted by Gasteiger charge is 2.19. The molecule has 0 aliphatic carbocycles. The molecule has 0 N–H and O–H groups in total. The van der Waals surface area contributed by atoms with Gasteiger partial charge in [-0.25, -0.2) is 17.8 Å². The van der Waals surface area contributed by atoms with Crippen LogP contribution in [0.5, 0.6) is 0 Å². The summed E-state index contributed by atoms with van der Waals surface area (Å²) in [6.45, 7) is 0. The van der Waals surface area contributed by atoms with E-state index in [9.17, 15) is 12.8 Å². The van der Waals surface area contributed by atoms with E-state index in [0.29, 0.717) is 10.6 Å². The third kappa shape index (κ3) is 2.62. The average Bonchev–Trinajstić information content (AvgIpc) is 2.60. The predicted octanol–water partition coefficient (Wildman–Crippen LogP) is 2.40. The van der Waals surface area contributed by atoms with Crippen molar-refractivity contribution < 1.29 is 12.8 Å². The second-order valence-electron chi connectivity index (χ2n) is 3.26. The zero-order valence-corrected chi connectivity index (χ0v) is 10.9. The first kappa shape index (κ1) is 12.4. The molecule has 8 heteroatoms. The lowest BCUT2D eigenvalue weighted by molar-refractivity contribution is 0.603. The Morgan fingerprint density at radius 2 is 2.12 bits per heavy atom. The van der Waals surface area contributed by atoms with E-state index in [-0.39, 0.29) is 9.36 Å². The molecule has 0 aliphatic heterocycles. The lowest BCUT2D eigenvalue weighted by Gasteiger charge is -1.94. The number of rotatable bonds is 2. The van der Waals surface area contributed by atoms with Gasteiger partial charge in [0, 0.05) is 18.0 Å². The molecule has 0 saturated heterocycles. The monoisotopic (exact) mass is 292 g/mol. The minimum Gasteiger partial charge on any atom is -0.261 e. The molecule has 0 unspecified atom stereocenters. The maximum absolute atomic E-state index is 13.0. The molecular weight excluding hydrogens is 287 g/mol. The van der Waals surface area contributed by atoms with Gasteiger partial charge >= 0.3 is 0 Å². The van der Waals surface area contributed by atoms with Crippen molar-refractivity contribution in [3.63, 3.8) is 0 Å². The maximum atomic E-state index is 13.0. The summed E-state index contributed by atoms with van der Waals surface area (Å²) >= 11 is 6.62. The number of nitrogens with zero attached hydrogens (tertiary/aromatic N) is 2. The summed E-state index contributed by atoms with van der Waals surface area (Å²) in [5.74, 6) is -0.519. The molecule has 0 bridgehead atoms. The van der Waals surface area contributed by atoms with Crippen LogP contribution in [0.4, 0.5) is 4.39 Å². The molecule has 0 amide bonds. The highest BCUT2D eigenvalue weighted by molar-refractivity contribution is 7.93. The van der Waals surface area contributed by atoms with Crippen LogP contribution in [0.1, 0.15) is 0 Å². The molecule has 0 fully saturated rings. The Morgan fingerprint density at radius 3 is 2.65 bits per heavy atom. The number of halogens is 2. The van der Waals surface area contributed by atoms with Crippen LogP contribution >= 0.6 is 22.9 Å². The zero-order chi connectivity index (χ0) is 12.6. The topological polar surface area (TPSA) is 59.9 Å². The summed E-state index contributed by atoms with van der Waals surface area (Å²) in [6.07, 6.45) is 3.49. The zero-order valence-electron chi connectivity index (χ0n) is 8.52. The Bertz CT molecular complexity index is 669. The fraction of sp³-hybridized carbons (Fsp3) is 0.111. The van der Waals surface area contributed by atoms with Crippen molar-refractivity contribution in [1.82, 2.24) is 9.97 Å². The van der Waals surface area contributed by atoms with Crippen molar-refractivity contribution in [2.24, 2.45) is 0 Å². The molecule has 2 rings (SSSR count). The van der Waals surface area contributed by atoms with Crippen LogP contribution in [0.3, 0.4) is 0 Å². The van der Waals surface area contributed by atoms with Gasteiger partial charge in [0.15, 0.2) is 19.2 Å². The van der Waals surface area contributed by atoms with E-state index >= 15 is 0 Å². The van der Waals surface area contributed by atoms with Crippen LogP contribution in [-0.2, 0) is 9.84 Å². The van der Waals surface area contributed by atoms with Crippen molar-refractivity contribution in [2.75, 3.05) is 6.26 Å². The van der Waals surface area contributed by atoms with Crippen LogP contribution in [0.25, 0.3) is 10.6 Å². The van der Waals surface area contributed by atoms with Crippen molar-refractivity contribution in [1.29, 1.82) is 0 Å². The second kappa shape index (κ2) is 4.32. The SMILES string of the molecule is CS(=O)(=O)c1sc(-c2cncc(F)c2)nc1Cl. The van der Waals surface area contributed by atoms with Crippen molar-refractivity contribution in [3.05, 3.63) is 29.4 Å². The number of hydrogen-bond donors (Lipinski definition) is 0. The average molecular weight is 293 g/mol. The molecule has 0 atom stereocenters. The lowest BCUT2D eigenvalue weighted by atomic mass is 10.3. The molecule has 2 heterocycles. The van der Waals surface area contributed by atoms with Crippen LogP contribution in [0.15, 0.2) is 22.7 Å². The largest absolute Gasteiger partial charge is 0.261 e. The van der Waals surface area contributed by atoms with Crippen LogP contribution in [-0.4, -0.2) is 24.6 Å². The predicted molar refractivity (Wildman–Crippen MR) is 63.4 cm³/mol. The van der Waals surface area contributed by atoms with Gasteiger partial charge in [-0.15, -0.1) is 11.3 Å². The molecule has 90 valence electrons. The van der Waals surface area contributed by atoms with Gasteiger partial charge in [0.1, 0.15) is 10.8 Å². The van der Waals surface area contributed by atoms with Crippen molar-refractivity contribution >= 4 is 32.8 Å². The molecular formula is C9H6ClFN2O2S2. The van der Waals surface area contributed by atoms with Crippen molar-refractivity contribution in [2.45, 2.75) is 4.21 Å². The standard InChI is InChI=1S/C9H6ClFN2O2S2/c1-17(14,15)9-7(10)13-8(16-9)5-2-6(11)4-12-3-5/h2-4H,1H3. The summed E-state index contributed by atoms with van der Waals surface area (Å²) in [4.78, 5) is 7.55. The molecule has 2 aromatic heterocycles. The van der Waals surface area contributed by atoms with Gasteiger partial charge in [-0.2, -0.15) is 0 Å². The Kier molecular flexibility index (Phi) is 3.15. The highest BCUT2D eigenvalue weighted by atomic mass is 35.5. The summed E-state index contributed by atoms with van der Waals surface area (Å²) in [5.41, 5.74) is 0.395. The third-order valence-electron chi connectivity index (χ3n) is 1.85. The molecule has 0 aromatic carbocycles. The summed E-state index contributed by atoms with van der Waals surface area (Å²) in [6, 6.07) is 1.22. The molecule has 0 radical (unpaired) electrons. The van der Waals surface area contributed by atoms with Gasteiger partial charge < -0.3 is 0 Å². The summed E-state index contributed by atoms with van der Waals surface area (Å²) in [5, 5.41) is 0.221. The van der Waals surface area contributed by atoms with Gasteiger partial charge in [-0.05, 0) is 6.07 Å². The Labute approximate surface area is 106 Å². The molecule has 2 aromatic rings. The fourth-order valence-corrected chi connectivity index (χ4v) is 3.71. The normalized spacial score (nSPS) is 11.7. The first-order chi connectivity index (χ1) is 7.88. The Hall–Kier alpha value is -1.05. The number of aromatic nitrogens is 2. The van der Waals surface area contributed by atoms with Gasteiger partial charge in [0.2, 0.25) is 0 Å². The fourth-order valence-electron chi connectivity index (χ4n) is 1.17. The Morgan fingerprint density at radius 1 is 1.41 bits per heavy atom. The minimum atomic E-state index is -3.42. The third-order valence-corrected chi connectivity index (χ3v) is 5.27. The number of hydrogen-bond acceptors (Lipinski definition) is 5. The summed E-state index contributed by atoms with van der Waals surface area (Å²) in [7, 11) is -3.42. The number of pyridine rings is 1. The first-order valence-electron chi connectivity index (χ1n) is 4.35. The quantitative estimate of drug-likeness (QED) is 0.853. The molecule has 0 spiro atoms. The summed E-state index contributed by atoms with van der Waals surface area (Å²) < 4.78 is 35.7. The van der Waals surface area contributed by atoms with Crippen LogP contribution in [0.2, 0.25) is 5.15 Å². The van der Waals surface area contributed by atoms with E-state index in [1.165, 1.54) is 12.3 Å². The molecule has 0 saturated carbocycles. The van der Waals surface area contributed by atoms with E-state index < -0.39 is 15.7 Å². The first-order valence-corrected chi connectivity index (χ1v) is 7.44. The molecule has 17 heavy (non-hydrogen) atoms. The van der Waals surface area contributed by atoms with E-state index in [1.807, 2.05) is 0 Å². The lowest BCUT2D eigenvalue weighted by Crippen LogP contribution is -1.93. The van der Waals surface area contributed by atoms with E-state index in [0.717, 1.165) is 23.8 Å². The van der Waals surface area contributed by atoms with Gasteiger partial charge in [-0.3, -0.25) is 4.98 Å². The smallest absolute Gasteiger partial charge is 0.188 e. The van der Waals surface area contributed by atoms with Crippen LogP contribution in [0, 0.1) is 5.82 Å². The minimum absolute atomic E-state index is 0.0292. The number of sulfone groups is 1. The number of thiazole rings is 1. The second-order valence-corrected chi connectivity index (χ2v) is 6.83. The van der Waals surface area contributed by atoms with E-state index in [4.69, 9.17) is 11.6 Å².